The predicted molar refractivity (Wildman–Crippen MR) is 323 cm³/mol. The summed E-state index contributed by atoms with van der Waals surface area (Å²) in [4.78, 5) is 42.7. The van der Waals surface area contributed by atoms with E-state index in [-0.39, 0.29) is 93.5 Å². The van der Waals surface area contributed by atoms with Crippen LogP contribution in [0, 0.1) is 0 Å². The van der Waals surface area contributed by atoms with E-state index in [1.54, 1.807) is 93.4 Å². The number of nitrogens with one attached hydrogen (secondary N) is 3. The number of rotatable bonds is 25. The van der Waals surface area contributed by atoms with Gasteiger partial charge in [-0.2, -0.15) is 9.10 Å². The molecule has 26 heteroatoms. The molecule has 0 aliphatic carbocycles. The van der Waals surface area contributed by atoms with Gasteiger partial charge in [-0.3, -0.25) is 4.79 Å². The molecule has 0 bridgehead atoms. The lowest BCUT2D eigenvalue weighted by Gasteiger charge is -2.39. The summed E-state index contributed by atoms with van der Waals surface area (Å²) < 4.78 is 102. The third kappa shape index (κ3) is 17.7. The van der Waals surface area contributed by atoms with Crippen molar-refractivity contribution in [3.8, 4) is 28.6 Å². The predicted octanol–water partition coefficient (Wildman–Crippen LogP) is 7.57. The zero-order chi connectivity index (χ0) is 61.7. The van der Waals surface area contributed by atoms with Gasteiger partial charge < -0.3 is 48.5 Å². The number of ether oxygens (including phenoxy) is 5. The Hall–Kier alpha value is -7.62. The number of carbonyl (C=O) groups is 3. The maximum atomic E-state index is 16.5. The van der Waals surface area contributed by atoms with E-state index >= 15 is 16.8 Å². The number of carbonyl (C=O) groups excluding carboxylic acids is 3. The van der Waals surface area contributed by atoms with Crippen LogP contribution in [0.1, 0.15) is 63.8 Å². The largest absolute Gasteiger partial charge is 0.497 e. The number of hydrogen-bond acceptors (Lipinski definition) is 17. The first kappa shape index (κ1) is 64.9. The summed E-state index contributed by atoms with van der Waals surface area (Å²) in [6, 6.07) is 32.7. The maximum Gasteiger partial charge on any atom is 0.407 e. The summed E-state index contributed by atoms with van der Waals surface area (Å²) in [6.07, 6.45) is -2.47. The van der Waals surface area contributed by atoms with E-state index < -0.39 is 68.6 Å². The number of benzene rings is 5. The van der Waals surface area contributed by atoms with Crippen molar-refractivity contribution < 1.29 is 59.3 Å². The Morgan fingerprint density at radius 2 is 1.22 bits per heavy atom. The van der Waals surface area contributed by atoms with Crippen molar-refractivity contribution in [2.75, 3.05) is 72.0 Å². The van der Waals surface area contributed by atoms with Gasteiger partial charge in [0.25, 0.3) is 0 Å². The van der Waals surface area contributed by atoms with Crippen molar-refractivity contribution in [1.82, 2.24) is 44.8 Å². The van der Waals surface area contributed by atoms with Gasteiger partial charge in [-0.05, 0) is 115 Å². The van der Waals surface area contributed by atoms with Crippen molar-refractivity contribution in [1.29, 1.82) is 0 Å². The van der Waals surface area contributed by atoms with Crippen molar-refractivity contribution >= 4 is 52.1 Å². The maximum absolute atomic E-state index is 16.5. The van der Waals surface area contributed by atoms with E-state index in [9.17, 15) is 14.4 Å². The first-order valence-corrected chi connectivity index (χ1v) is 33.5. The van der Waals surface area contributed by atoms with Gasteiger partial charge in [0.05, 0.1) is 39.5 Å². The van der Waals surface area contributed by atoms with Crippen LogP contribution in [-0.4, -0.2) is 152 Å². The van der Waals surface area contributed by atoms with E-state index in [1.807, 2.05) is 81.2 Å². The second-order valence-electron chi connectivity index (χ2n) is 22.8. The Labute approximate surface area is 499 Å². The van der Waals surface area contributed by atoms with Crippen LogP contribution in [0.4, 0.5) is 15.3 Å². The second kappa shape index (κ2) is 28.1. The molecule has 5 aromatic carbocycles. The Kier molecular flexibility index (Phi) is 21.4. The van der Waals surface area contributed by atoms with Gasteiger partial charge in [-0.25, -0.2) is 31.1 Å². The lowest BCUT2D eigenvalue weighted by Crippen LogP contribution is -2.51. The van der Waals surface area contributed by atoms with E-state index in [2.05, 4.69) is 25.7 Å². The number of methoxy groups -OCH3 is 3. The number of tetrazole rings is 1. The molecule has 23 nitrogen and oxygen atoms in total. The smallest absolute Gasteiger partial charge is 0.407 e. The Morgan fingerprint density at radius 1 is 0.671 bits per heavy atom. The fraction of sp³-hybridized carbons (Fsp3) is 0.424. The number of aromatic nitrogens is 4. The van der Waals surface area contributed by atoms with Crippen LogP contribution < -0.4 is 34.5 Å². The molecule has 1 atom stereocenters. The molecule has 6 aromatic rings. The Bertz CT molecular complexity index is 3400. The minimum Gasteiger partial charge on any atom is -0.497 e. The van der Waals surface area contributed by atoms with Crippen molar-refractivity contribution in [3.63, 3.8) is 0 Å². The number of anilines is 1. The second-order valence-corrected chi connectivity index (χ2v) is 31.1. The highest BCUT2D eigenvalue weighted by atomic mass is 32.2. The average molecular weight is 1230 g/mol. The average Bonchev–Trinajstić information content (AvgIpc) is 1.78. The summed E-state index contributed by atoms with van der Waals surface area (Å²) in [5.74, 6) is 1.07. The molecule has 1 aliphatic rings. The number of nitrogens with zero attached hydrogens (tertiary/aromatic N) is 7. The molecule has 0 radical (unpaired) electrons. The molecule has 1 aliphatic heterocycles. The minimum absolute atomic E-state index is 0.0139. The summed E-state index contributed by atoms with van der Waals surface area (Å²) in [6.45, 7) is 14.4. The van der Waals surface area contributed by atoms with Crippen molar-refractivity contribution in [2.45, 2.75) is 107 Å². The molecule has 1 saturated heterocycles. The van der Waals surface area contributed by atoms with Crippen LogP contribution in [0.2, 0.25) is 18.1 Å². The molecular weight excluding hydrogens is 1150 g/mol. The monoisotopic (exact) mass is 1230 g/mol. The first-order chi connectivity index (χ1) is 40.2. The van der Waals surface area contributed by atoms with Crippen molar-refractivity contribution in [3.05, 3.63) is 138 Å². The molecule has 0 saturated carbocycles. The normalized spacial score (nSPS) is 13.7. The number of piperazine rings is 1. The summed E-state index contributed by atoms with van der Waals surface area (Å²) in [5, 5.41) is 18.6. The quantitative estimate of drug-likeness (QED) is 0.0467. The van der Waals surface area contributed by atoms with Crippen LogP contribution in [0.15, 0.2) is 125 Å². The lowest BCUT2D eigenvalue weighted by molar-refractivity contribution is -0.130. The van der Waals surface area contributed by atoms with Gasteiger partial charge in [0.15, 0.2) is 8.32 Å². The SMILES string of the molecule is COc1ccc(CN(Cc2ccc(OC)cc2)S(=O)(=O)c2c(S(=O)(=O)NC[C@@H](CNC(=O)OC(C)(C)C)O[Si](C)(C)C(C)(C)C)ccc(N3CCN(C(=O)CNC(=O)OCc4ccccc4)CC3)c2-c2nnn(Cc3ccc(OC)cc3)n2)cc1. The summed E-state index contributed by atoms with van der Waals surface area (Å²) in [7, 11) is -8.06. The van der Waals surface area contributed by atoms with Gasteiger partial charge in [-0.1, -0.05) is 87.5 Å². The fourth-order valence-electron chi connectivity index (χ4n) is 8.80. The van der Waals surface area contributed by atoms with Crippen LogP contribution in [0.3, 0.4) is 0 Å². The molecule has 7 rings (SSSR count). The molecular formula is C59H78N10O13S2Si. The standard InChI is InChI=1S/C59H78N10O13S2Si/c1-58(2,3)81-57(72)60-35-49(82-85(10,11)59(4,5)6)36-62-83(73,74)51-30-29-50(66-31-33-67(34-32-66)52(70)37-61-56(71)80-41-45-15-13-12-14-16-45)53(55-63-65-69(64-55)40-44-21-27-48(79-9)28-22-44)54(51)84(75,76)68(38-42-17-23-46(77-7)24-18-42)39-43-19-25-47(78-8)26-20-43/h12-30,49,62H,31-41H2,1-11H3,(H,60,72)(H,61,71)/t49-/m1/s1. The molecule has 1 fully saturated rings. The molecule has 85 heavy (non-hydrogen) atoms. The molecule has 0 spiro atoms. The highest BCUT2D eigenvalue weighted by Gasteiger charge is 2.42. The van der Waals surface area contributed by atoms with Gasteiger partial charge in [0.1, 0.15) is 45.8 Å². The topological polar surface area (TPSA) is 264 Å². The number of alkyl carbamates (subject to hydrolysis) is 2. The van der Waals surface area contributed by atoms with Gasteiger partial charge in [0.2, 0.25) is 31.8 Å². The van der Waals surface area contributed by atoms with Gasteiger partial charge in [0, 0.05) is 58.0 Å². The van der Waals surface area contributed by atoms with Crippen LogP contribution in [0.25, 0.3) is 11.4 Å². The van der Waals surface area contributed by atoms with Gasteiger partial charge >= 0.3 is 12.2 Å². The summed E-state index contributed by atoms with van der Waals surface area (Å²) in [5.41, 5.74) is 1.83. The number of hydrogen-bond donors (Lipinski definition) is 3. The molecule has 458 valence electrons. The van der Waals surface area contributed by atoms with Crippen molar-refractivity contribution in [2.24, 2.45) is 0 Å². The molecule has 0 unspecified atom stereocenters. The molecule has 1 aromatic heterocycles. The van der Waals surface area contributed by atoms with E-state index in [0.29, 0.717) is 28.4 Å². The Morgan fingerprint density at radius 3 is 1.75 bits per heavy atom. The number of sulfonamides is 2. The third-order valence-electron chi connectivity index (χ3n) is 14.4. The minimum atomic E-state index is -5.05. The molecule has 3 amide bonds. The summed E-state index contributed by atoms with van der Waals surface area (Å²) >= 11 is 0. The van der Waals surface area contributed by atoms with Crippen LogP contribution in [0.5, 0.6) is 17.2 Å². The van der Waals surface area contributed by atoms with E-state index in [0.717, 1.165) is 11.1 Å². The fourth-order valence-corrected chi connectivity index (χ4v) is 13.6. The number of amides is 3. The van der Waals surface area contributed by atoms with Crippen LogP contribution >= 0.6 is 0 Å². The highest BCUT2D eigenvalue weighted by Crippen LogP contribution is 2.42. The molecule has 2 heterocycles. The highest BCUT2D eigenvalue weighted by molar-refractivity contribution is 7.92. The van der Waals surface area contributed by atoms with Gasteiger partial charge in [-0.15, -0.1) is 10.2 Å². The zero-order valence-electron chi connectivity index (χ0n) is 50.1. The van der Waals surface area contributed by atoms with E-state index in [4.69, 9.17) is 33.2 Å². The first-order valence-electron chi connectivity index (χ1n) is 27.6. The Balaban J connectivity index is 1.35. The van der Waals surface area contributed by atoms with E-state index in [1.165, 1.54) is 35.5 Å². The van der Waals surface area contributed by atoms with Crippen LogP contribution in [-0.2, 0) is 65.0 Å². The molecule has 3 N–H and O–H groups in total. The third-order valence-corrected chi connectivity index (χ3v) is 22.4. The zero-order valence-corrected chi connectivity index (χ0v) is 52.7. The lowest BCUT2D eigenvalue weighted by atomic mass is 10.1.